The van der Waals surface area contributed by atoms with Crippen molar-refractivity contribution >= 4 is 35.4 Å². The van der Waals surface area contributed by atoms with Crippen molar-refractivity contribution in [2.24, 2.45) is 7.05 Å². The first kappa shape index (κ1) is 22.6. The Morgan fingerprint density at radius 3 is 2.66 bits per heavy atom. The number of anilines is 1. The third-order valence-corrected chi connectivity index (χ3v) is 5.16. The molecule has 32 heavy (non-hydrogen) atoms. The van der Waals surface area contributed by atoms with Crippen LogP contribution in [0.15, 0.2) is 42.5 Å². The van der Waals surface area contributed by atoms with Gasteiger partial charge in [-0.25, -0.2) is 4.68 Å². The lowest BCUT2D eigenvalue weighted by molar-refractivity contribution is -0.385. The average molecular weight is 456 g/mol. The monoisotopic (exact) mass is 456 g/mol. The molecule has 0 unspecified atom stereocenters. The molecular formula is C20H20N6O5S. The third kappa shape index (κ3) is 4.98. The highest BCUT2D eigenvalue weighted by molar-refractivity contribution is 7.71. The minimum absolute atomic E-state index is 0.103. The van der Waals surface area contributed by atoms with Crippen LogP contribution in [-0.4, -0.2) is 36.2 Å². The van der Waals surface area contributed by atoms with Crippen LogP contribution in [0.3, 0.4) is 0 Å². The van der Waals surface area contributed by atoms with Gasteiger partial charge in [-0.3, -0.25) is 19.7 Å². The van der Waals surface area contributed by atoms with Gasteiger partial charge < -0.3 is 20.3 Å². The summed E-state index contributed by atoms with van der Waals surface area (Å²) in [5.41, 5.74) is 1.02. The zero-order valence-corrected chi connectivity index (χ0v) is 18.0. The van der Waals surface area contributed by atoms with Crippen molar-refractivity contribution in [2.75, 3.05) is 5.32 Å². The summed E-state index contributed by atoms with van der Waals surface area (Å²) in [4.78, 5) is 35.0. The number of nitro groups is 1. The zero-order valence-electron chi connectivity index (χ0n) is 17.2. The van der Waals surface area contributed by atoms with Gasteiger partial charge in [-0.1, -0.05) is 18.2 Å². The number of hydrogen-bond acceptors (Lipinski definition) is 7. The number of phenolic OH excluding ortho intramolecular Hbond substituents is 1. The number of rotatable bonds is 7. The summed E-state index contributed by atoms with van der Waals surface area (Å²) in [5, 5.41) is 30.0. The highest BCUT2D eigenvalue weighted by atomic mass is 32.1. The van der Waals surface area contributed by atoms with Gasteiger partial charge in [0, 0.05) is 24.4 Å². The Kier molecular flexibility index (Phi) is 6.64. The maximum Gasteiger partial charge on any atom is 0.312 e. The summed E-state index contributed by atoms with van der Waals surface area (Å²) >= 11 is 5.31. The average Bonchev–Trinajstić information content (AvgIpc) is 3.01. The van der Waals surface area contributed by atoms with Crippen molar-refractivity contribution < 1.29 is 19.6 Å². The summed E-state index contributed by atoms with van der Waals surface area (Å²) < 4.78 is 3.12. The molecule has 0 aliphatic rings. The molecule has 11 nitrogen and oxygen atoms in total. The van der Waals surface area contributed by atoms with E-state index in [2.05, 4.69) is 15.7 Å². The number of nitrogens with one attached hydrogen (secondary N) is 2. The predicted octanol–water partition coefficient (Wildman–Crippen LogP) is 2.44. The second-order valence-corrected chi connectivity index (χ2v) is 7.29. The molecule has 0 atom stereocenters. The Morgan fingerprint density at radius 1 is 1.25 bits per heavy atom. The van der Waals surface area contributed by atoms with Gasteiger partial charge >= 0.3 is 5.69 Å². The third-order valence-electron chi connectivity index (χ3n) is 4.68. The number of aromatic nitrogens is 3. The van der Waals surface area contributed by atoms with E-state index in [0.717, 1.165) is 17.7 Å². The van der Waals surface area contributed by atoms with E-state index < -0.39 is 22.3 Å². The van der Waals surface area contributed by atoms with Gasteiger partial charge in [0.25, 0.3) is 5.91 Å². The van der Waals surface area contributed by atoms with E-state index in [1.54, 1.807) is 23.7 Å². The number of aryl methyl sites for hydroxylation is 1. The molecule has 0 aliphatic carbocycles. The molecule has 2 amide bonds. The van der Waals surface area contributed by atoms with E-state index in [1.807, 2.05) is 19.1 Å². The van der Waals surface area contributed by atoms with Gasteiger partial charge in [0.1, 0.15) is 6.54 Å². The van der Waals surface area contributed by atoms with E-state index in [0.29, 0.717) is 11.4 Å². The molecule has 0 saturated heterocycles. The number of carbonyl (C=O) groups is 2. The topological polar surface area (TPSA) is 144 Å². The Bertz CT molecular complexity index is 1270. The van der Waals surface area contributed by atoms with Crippen LogP contribution in [0.4, 0.5) is 11.4 Å². The summed E-state index contributed by atoms with van der Waals surface area (Å²) in [7, 11) is 1.67. The van der Waals surface area contributed by atoms with Crippen LogP contribution in [-0.2, 0) is 24.9 Å². The standard InChI is InChI=1S/C20H20N6O5S/c1-12-5-3-4-6-14(12)19(29)21-10-17-23-25(20(32)24(17)2)11-18(28)22-13-7-8-16(27)15(9-13)26(30)31/h3-9,27H,10-11H2,1-2H3,(H,21,29)(H,22,28). The molecule has 3 aromatic rings. The van der Waals surface area contributed by atoms with Crippen molar-refractivity contribution in [3.8, 4) is 5.75 Å². The normalized spacial score (nSPS) is 10.6. The minimum Gasteiger partial charge on any atom is -0.502 e. The Labute approximate surface area is 187 Å². The number of phenols is 1. The fraction of sp³-hybridized carbons (Fsp3) is 0.200. The number of nitro benzene ring substituents is 1. The SMILES string of the molecule is Cc1ccccc1C(=O)NCc1nn(CC(=O)Nc2ccc(O)c([N+](=O)[O-])c2)c(=S)n1C. The molecule has 0 radical (unpaired) electrons. The number of hydrogen-bond donors (Lipinski definition) is 3. The van der Waals surface area contributed by atoms with Gasteiger partial charge in [0.05, 0.1) is 11.5 Å². The van der Waals surface area contributed by atoms with Crippen LogP contribution in [0, 0.1) is 21.8 Å². The van der Waals surface area contributed by atoms with Crippen molar-refractivity contribution in [2.45, 2.75) is 20.0 Å². The lowest BCUT2D eigenvalue weighted by atomic mass is 10.1. The molecular weight excluding hydrogens is 436 g/mol. The van der Waals surface area contributed by atoms with Gasteiger partial charge in [-0.2, -0.15) is 5.10 Å². The number of benzene rings is 2. The Hall–Kier alpha value is -4.06. The molecule has 12 heteroatoms. The zero-order chi connectivity index (χ0) is 23.4. The van der Waals surface area contributed by atoms with Crippen LogP contribution in [0.25, 0.3) is 0 Å². The van der Waals surface area contributed by atoms with E-state index in [4.69, 9.17) is 12.2 Å². The molecule has 166 valence electrons. The first-order valence-electron chi connectivity index (χ1n) is 9.41. The molecule has 1 heterocycles. The summed E-state index contributed by atoms with van der Waals surface area (Å²) in [6.45, 7) is 1.70. The molecule has 2 aromatic carbocycles. The smallest absolute Gasteiger partial charge is 0.312 e. The van der Waals surface area contributed by atoms with Gasteiger partial charge in [0.15, 0.2) is 16.3 Å². The van der Waals surface area contributed by atoms with E-state index >= 15 is 0 Å². The van der Waals surface area contributed by atoms with Crippen molar-refractivity contribution in [3.05, 3.63) is 74.3 Å². The number of nitrogens with zero attached hydrogens (tertiary/aromatic N) is 4. The number of amides is 2. The fourth-order valence-corrected chi connectivity index (χ4v) is 3.17. The first-order valence-corrected chi connectivity index (χ1v) is 9.82. The molecule has 0 aliphatic heterocycles. The Balaban J connectivity index is 1.68. The predicted molar refractivity (Wildman–Crippen MR) is 118 cm³/mol. The molecule has 0 spiro atoms. The van der Waals surface area contributed by atoms with Crippen molar-refractivity contribution in [1.82, 2.24) is 19.7 Å². The van der Waals surface area contributed by atoms with Crippen molar-refractivity contribution in [3.63, 3.8) is 0 Å². The second kappa shape index (κ2) is 9.39. The van der Waals surface area contributed by atoms with Crippen LogP contribution in [0.2, 0.25) is 0 Å². The highest BCUT2D eigenvalue weighted by Crippen LogP contribution is 2.28. The van der Waals surface area contributed by atoms with Crippen molar-refractivity contribution in [1.29, 1.82) is 0 Å². The maximum absolute atomic E-state index is 12.4. The van der Waals surface area contributed by atoms with Gasteiger partial charge in [-0.15, -0.1) is 0 Å². The maximum atomic E-state index is 12.4. The fourth-order valence-electron chi connectivity index (χ4n) is 2.96. The lowest BCUT2D eigenvalue weighted by Crippen LogP contribution is -2.25. The van der Waals surface area contributed by atoms with Gasteiger partial charge in [-0.05, 0) is 42.9 Å². The van der Waals surface area contributed by atoms with Crippen LogP contribution >= 0.6 is 12.2 Å². The summed E-state index contributed by atoms with van der Waals surface area (Å²) in [5.74, 6) is -0.827. The molecule has 3 N–H and O–H groups in total. The molecule has 1 aromatic heterocycles. The van der Waals surface area contributed by atoms with E-state index in [-0.39, 0.29) is 29.5 Å². The van der Waals surface area contributed by atoms with Crippen LogP contribution < -0.4 is 10.6 Å². The van der Waals surface area contributed by atoms with Crippen LogP contribution in [0.5, 0.6) is 5.75 Å². The van der Waals surface area contributed by atoms with Gasteiger partial charge in [0.2, 0.25) is 5.91 Å². The summed E-state index contributed by atoms with van der Waals surface area (Å²) in [6.07, 6.45) is 0. The molecule has 0 bridgehead atoms. The highest BCUT2D eigenvalue weighted by Gasteiger charge is 2.16. The second-order valence-electron chi connectivity index (χ2n) is 6.92. The number of aromatic hydroxyl groups is 1. The lowest BCUT2D eigenvalue weighted by Gasteiger charge is -2.07. The molecule has 3 rings (SSSR count). The van der Waals surface area contributed by atoms with E-state index in [9.17, 15) is 24.8 Å². The minimum atomic E-state index is -0.753. The van der Waals surface area contributed by atoms with E-state index in [1.165, 1.54) is 10.7 Å². The Morgan fingerprint density at radius 2 is 1.97 bits per heavy atom. The van der Waals surface area contributed by atoms with Crippen LogP contribution in [0.1, 0.15) is 21.7 Å². The first-order chi connectivity index (χ1) is 15.2. The largest absolute Gasteiger partial charge is 0.502 e. The molecule has 0 saturated carbocycles. The number of carbonyl (C=O) groups excluding carboxylic acids is 2. The molecule has 0 fully saturated rings. The quantitative estimate of drug-likeness (QED) is 0.214. The summed E-state index contributed by atoms with van der Waals surface area (Å²) in [6, 6.07) is 10.7.